The van der Waals surface area contributed by atoms with Gasteiger partial charge in [0.15, 0.2) is 5.78 Å². The van der Waals surface area contributed by atoms with Crippen molar-refractivity contribution in [1.82, 2.24) is 4.98 Å². The van der Waals surface area contributed by atoms with Crippen LogP contribution in [0.3, 0.4) is 0 Å². The third-order valence-corrected chi connectivity index (χ3v) is 2.34. The first-order valence-electron chi connectivity index (χ1n) is 4.92. The molecule has 0 saturated carbocycles. The molecule has 0 bridgehead atoms. The van der Waals surface area contributed by atoms with Crippen LogP contribution in [0, 0.1) is 13.8 Å². The SMILES string of the molecule is Cc1cc(C)cc(C(=O)c2cc[nH]c2)c1. The van der Waals surface area contributed by atoms with Crippen LogP contribution in [0.1, 0.15) is 27.0 Å². The van der Waals surface area contributed by atoms with Crippen LogP contribution in [-0.2, 0) is 0 Å². The first-order chi connectivity index (χ1) is 7.16. The van der Waals surface area contributed by atoms with Gasteiger partial charge in [0, 0.05) is 23.5 Å². The first kappa shape index (κ1) is 9.71. The van der Waals surface area contributed by atoms with E-state index in [1.54, 1.807) is 18.5 Å². The molecule has 0 saturated heterocycles. The molecule has 76 valence electrons. The van der Waals surface area contributed by atoms with E-state index in [0.29, 0.717) is 5.56 Å². The van der Waals surface area contributed by atoms with Gasteiger partial charge >= 0.3 is 0 Å². The van der Waals surface area contributed by atoms with Crippen LogP contribution in [0.4, 0.5) is 0 Å². The fourth-order valence-electron chi connectivity index (χ4n) is 1.74. The molecule has 0 amide bonds. The number of hydrogen-bond donors (Lipinski definition) is 1. The Labute approximate surface area is 89.0 Å². The summed E-state index contributed by atoms with van der Waals surface area (Å²) in [5.74, 6) is 0.0723. The number of ketones is 1. The van der Waals surface area contributed by atoms with Crippen molar-refractivity contribution >= 4 is 5.78 Å². The van der Waals surface area contributed by atoms with E-state index in [0.717, 1.165) is 16.7 Å². The summed E-state index contributed by atoms with van der Waals surface area (Å²) in [6.07, 6.45) is 3.48. The average molecular weight is 199 g/mol. The highest BCUT2D eigenvalue weighted by Gasteiger charge is 2.09. The second-order valence-corrected chi connectivity index (χ2v) is 3.81. The van der Waals surface area contributed by atoms with E-state index >= 15 is 0 Å². The molecule has 0 spiro atoms. The predicted octanol–water partition coefficient (Wildman–Crippen LogP) is 2.86. The molecule has 15 heavy (non-hydrogen) atoms. The molecule has 0 aliphatic carbocycles. The maximum atomic E-state index is 12.0. The lowest BCUT2D eigenvalue weighted by molar-refractivity contribution is 0.103. The van der Waals surface area contributed by atoms with E-state index in [9.17, 15) is 4.79 Å². The number of carbonyl (C=O) groups excluding carboxylic acids is 1. The topological polar surface area (TPSA) is 32.9 Å². The Bertz CT molecular complexity index is 463. The number of hydrogen-bond acceptors (Lipinski definition) is 1. The first-order valence-corrected chi connectivity index (χ1v) is 4.92. The summed E-state index contributed by atoms with van der Waals surface area (Å²) >= 11 is 0. The van der Waals surface area contributed by atoms with Crippen LogP contribution in [0.25, 0.3) is 0 Å². The maximum Gasteiger partial charge on any atom is 0.194 e. The van der Waals surface area contributed by atoms with Crippen molar-refractivity contribution in [2.45, 2.75) is 13.8 Å². The third-order valence-electron chi connectivity index (χ3n) is 2.34. The molecule has 0 unspecified atom stereocenters. The highest BCUT2D eigenvalue weighted by Crippen LogP contribution is 2.13. The molecule has 1 aromatic heterocycles. The zero-order chi connectivity index (χ0) is 10.8. The van der Waals surface area contributed by atoms with E-state index in [4.69, 9.17) is 0 Å². The lowest BCUT2D eigenvalue weighted by Gasteiger charge is -2.02. The summed E-state index contributed by atoms with van der Waals surface area (Å²) in [6.45, 7) is 4.00. The van der Waals surface area contributed by atoms with Crippen molar-refractivity contribution in [2.24, 2.45) is 0 Å². The molecular formula is C13H13NO. The summed E-state index contributed by atoms with van der Waals surface area (Å²) in [6, 6.07) is 7.69. The van der Waals surface area contributed by atoms with Gasteiger partial charge in [-0.1, -0.05) is 17.2 Å². The lowest BCUT2D eigenvalue weighted by Crippen LogP contribution is -2.00. The van der Waals surface area contributed by atoms with E-state index in [1.165, 1.54) is 0 Å². The van der Waals surface area contributed by atoms with Crippen LogP contribution >= 0.6 is 0 Å². The Morgan fingerprint density at radius 3 is 2.27 bits per heavy atom. The van der Waals surface area contributed by atoms with Crippen molar-refractivity contribution in [3.8, 4) is 0 Å². The second-order valence-electron chi connectivity index (χ2n) is 3.81. The van der Waals surface area contributed by atoms with Gasteiger partial charge in [-0.3, -0.25) is 4.79 Å². The molecule has 1 N–H and O–H groups in total. The monoisotopic (exact) mass is 199 g/mol. The van der Waals surface area contributed by atoms with Gasteiger partial charge in [0.05, 0.1) is 0 Å². The summed E-state index contributed by atoms with van der Waals surface area (Å²) in [7, 11) is 0. The molecular weight excluding hydrogens is 186 g/mol. The number of rotatable bonds is 2. The number of aromatic amines is 1. The van der Waals surface area contributed by atoms with Gasteiger partial charge in [0.25, 0.3) is 0 Å². The Morgan fingerprint density at radius 1 is 1.07 bits per heavy atom. The van der Waals surface area contributed by atoms with Crippen molar-refractivity contribution in [3.05, 3.63) is 58.9 Å². The Hall–Kier alpha value is -1.83. The van der Waals surface area contributed by atoms with Crippen LogP contribution in [-0.4, -0.2) is 10.8 Å². The molecule has 1 aromatic carbocycles. The Morgan fingerprint density at radius 2 is 1.73 bits per heavy atom. The van der Waals surface area contributed by atoms with Crippen molar-refractivity contribution in [2.75, 3.05) is 0 Å². The predicted molar refractivity (Wildman–Crippen MR) is 60.1 cm³/mol. The van der Waals surface area contributed by atoms with E-state index in [-0.39, 0.29) is 5.78 Å². The highest BCUT2D eigenvalue weighted by atomic mass is 16.1. The molecule has 1 heterocycles. The van der Waals surface area contributed by atoms with E-state index < -0.39 is 0 Å². The highest BCUT2D eigenvalue weighted by molar-refractivity contribution is 6.09. The van der Waals surface area contributed by atoms with Crippen molar-refractivity contribution < 1.29 is 4.79 Å². The van der Waals surface area contributed by atoms with Crippen molar-refractivity contribution in [1.29, 1.82) is 0 Å². The Kier molecular flexibility index (Phi) is 2.42. The number of aryl methyl sites for hydroxylation is 2. The molecule has 2 aromatic rings. The van der Waals surface area contributed by atoms with Gasteiger partial charge in [-0.25, -0.2) is 0 Å². The third kappa shape index (κ3) is 1.99. The van der Waals surface area contributed by atoms with Crippen LogP contribution in [0.5, 0.6) is 0 Å². The molecule has 0 fully saturated rings. The van der Waals surface area contributed by atoms with Gasteiger partial charge in [-0.05, 0) is 32.0 Å². The quantitative estimate of drug-likeness (QED) is 0.741. The van der Waals surface area contributed by atoms with E-state index in [1.807, 2.05) is 26.0 Å². The summed E-state index contributed by atoms with van der Waals surface area (Å²) in [4.78, 5) is 14.9. The number of H-pyrrole nitrogens is 1. The van der Waals surface area contributed by atoms with E-state index in [2.05, 4.69) is 11.1 Å². The minimum atomic E-state index is 0.0723. The molecule has 2 rings (SSSR count). The Balaban J connectivity index is 2.42. The standard InChI is InChI=1S/C13H13NO/c1-9-5-10(2)7-12(6-9)13(15)11-3-4-14-8-11/h3-8,14H,1-2H3. The van der Waals surface area contributed by atoms with Gasteiger partial charge < -0.3 is 4.98 Å². The van der Waals surface area contributed by atoms with Gasteiger partial charge in [-0.15, -0.1) is 0 Å². The smallest absolute Gasteiger partial charge is 0.194 e. The molecule has 0 aliphatic heterocycles. The van der Waals surface area contributed by atoms with Gasteiger partial charge in [0.1, 0.15) is 0 Å². The molecule has 0 radical (unpaired) electrons. The average Bonchev–Trinajstić information content (AvgIpc) is 2.67. The zero-order valence-corrected chi connectivity index (χ0v) is 8.87. The molecule has 2 nitrogen and oxygen atoms in total. The molecule has 2 heteroatoms. The van der Waals surface area contributed by atoms with Gasteiger partial charge in [0.2, 0.25) is 0 Å². The summed E-state index contributed by atoms with van der Waals surface area (Å²) < 4.78 is 0. The number of nitrogens with one attached hydrogen (secondary N) is 1. The van der Waals surface area contributed by atoms with Gasteiger partial charge in [-0.2, -0.15) is 0 Å². The van der Waals surface area contributed by atoms with Crippen LogP contribution in [0.2, 0.25) is 0 Å². The minimum absolute atomic E-state index is 0.0723. The number of carbonyl (C=O) groups is 1. The fourth-order valence-corrected chi connectivity index (χ4v) is 1.74. The number of aromatic nitrogens is 1. The number of benzene rings is 1. The minimum Gasteiger partial charge on any atom is -0.367 e. The molecule has 0 aliphatic rings. The summed E-state index contributed by atoms with van der Waals surface area (Å²) in [5.41, 5.74) is 3.70. The fraction of sp³-hybridized carbons (Fsp3) is 0.154. The van der Waals surface area contributed by atoms with Crippen LogP contribution < -0.4 is 0 Å². The second kappa shape index (κ2) is 3.73. The normalized spacial score (nSPS) is 10.3. The lowest BCUT2D eigenvalue weighted by atomic mass is 10.0. The molecule has 0 atom stereocenters. The van der Waals surface area contributed by atoms with Crippen molar-refractivity contribution in [3.63, 3.8) is 0 Å². The summed E-state index contributed by atoms with van der Waals surface area (Å²) in [5, 5.41) is 0. The zero-order valence-electron chi connectivity index (χ0n) is 8.87. The largest absolute Gasteiger partial charge is 0.367 e. The maximum absolute atomic E-state index is 12.0. The van der Waals surface area contributed by atoms with Crippen LogP contribution in [0.15, 0.2) is 36.7 Å².